The monoisotopic (exact) mass is 717 g/mol. The molecule has 5 heterocycles. The van der Waals surface area contributed by atoms with E-state index in [2.05, 4.69) is 9.97 Å². The Morgan fingerprint density at radius 3 is 2.68 bits per heavy atom. The lowest BCUT2D eigenvalue weighted by Crippen LogP contribution is -2.43. The first-order valence-corrected chi connectivity index (χ1v) is 17.2. The molecule has 0 aliphatic carbocycles. The van der Waals surface area contributed by atoms with E-state index in [4.69, 9.17) is 10.5 Å². The normalized spacial score (nSPS) is 22.5. The predicted octanol–water partition coefficient (Wildman–Crippen LogP) is 6.66. The molecular weight excluding hydrogens is 684 g/mol. The number of likely N-dealkylation sites (tertiary alicyclic amines) is 1. The van der Waals surface area contributed by atoms with Crippen LogP contribution < -0.4 is 15.4 Å². The van der Waals surface area contributed by atoms with Crippen molar-refractivity contribution in [3.63, 3.8) is 0 Å². The third kappa shape index (κ3) is 5.45. The molecule has 16 heteroatoms. The second-order valence-corrected chi connectivity index (χ2v) is 14.1. The summed E-state index contributed by atoms with van der Waals surface area (Å²) in [7, 11) is 0. The minimum Gasteiger partial charge on any atom is -0.461 e. The average molecular weight is 718 g/mol. The average Bonchev–Trinajstić information content (AvgIpc) is 3.81. The van der Waals surface area contributed by atoms with Gasteiger partial charge in [-0.15, -0.1) is 11.3 Å². The van der Waals surface area contributed by atoms with Gasteiger partial charge in [-0.25, -0.2) is 13.2 Å². The molecule has 0 unspecified atom stereocenters. The van der Waals surface area contributed by atoms with Crippen molar-refractivity contribution in [1.29, 1.82) is 5.26 Å². The highest BCUT2D eigenvalue weighted by molar-refractivity contribution is 7.23. The molecule has 7 rings (SSSR count). The first kappa shape index (κ1) is 34.1. The number of hydrogen-bond donors (Lipinski definition) is 1. The molecule has 3 atom stereocenters. The Bertz CT molecular complexity index is 2070. The number of anilines is 2. The van der Waals surface area contributed by atoms with E-state index in [-0.39, 0.29) is 88.4 Å². The maximum Gasteiger partial charge on any atom is 0.417 e. The van der Waals surface area contributed by atoms with E-state index in [0.717, 1.165) is 24.6 Å². The number of rotatable bonds is 8. The van der Waals surface area contributed by atoms with Crippen molar-refractivity contribution in [2.24, 2.45) is 0 Å². The van der Waals surface area contributed by atoms with Gasteiger partial charge in [-0.2, -0.15) is 28.4 Å². The van der Waals surface area contributed by atoms with Gasteiger partial charge in [0.05, 0.1) is 27.4 Å². The zero-order chi connectivity index (χ0) is 35.7. The number of halogens is 6. The Morgan fingerprint density at radius 1 is 1.22 bits per heavy atom. The summed E-state index contributed by atoms with van der Waals surface area (Å²) in [5.41, 5.74) is 1.84. The highest BCUT2D eigenvalue weighted by Gasteiger charge is 2.49. The molecule has 2 aromatic heterocycles. The molecular formula is C34H33F6N7O2S. The molecule has 0 bridgehead atoms. The zero-order valence-electron chi connectivity index (χ0n) is 27.2. The maximum absolute atomic E-state index is 17.1. The van der Waals surface area contributed by atoms with E-state index >= 15 is 17.6 Å². The lowest BCUT2D eigenvalue weighted by molar-refractivity contribution is -0.137. The molecule has 3 aliphatic heterocycles. The fourth-order valence-corrected chi connectivity index (χ4v) is 8.91. The third-order valence-corrected chi connectivity index (χ3v) is 11.3. The molecule has 0 radical (unpaired) electrons. The Morgan fingerprint density at radius 2 is 2.00 bits per heavy atom. The number of thiophene rings is 1. The minimum atomic E-state index is -5.12. The number of alkyl halides is 4. The largest absolute Gasteiger partial charge is 0.461 e. The van der Waals surface area contributed by atoms with Crippen LogP contribution in [0.2, 0.25) is 0 Å². The molecule has 9 nitrogen and oxygen atoms in total. The van der Waals surface area contributed by atoms with Crippen LogP contribution in [0, 0.1) is 23.0 Å². The second kappa shape index (κ2) is 12.4. The van der Waals surface area contributed by atoms with E-state index in [0.29, 0.717) is 30.8 Å². The molecule has 3 aliphatic rings. The summed E-state index contributed by atoms with van der Waals surface area (Å²) in [6, 6.07) is 3.65. The number of benzene rings is 2. The standard InChI is InChI=1S/C34H33F6N7O2S/c1-3-45-15-18(10-24(45)48)47(4-2)31-20-11-22(34(38,39)40)26(19-6-7-23(36)29-25(19)21(13-41)30(42)50-29)27(37)28(20)43-32(44-31)49-16-33-8-5-9-46(33)14-17(35)12-33/h6-7,11,17-18H,3-5,8-10,12,14-16,42H2,1-2H3/t17-,18-,33+/m1/s1. The van der Waals surface area contributed by atoms with Gasteiger partial charge in [0.2, 0.25) is 5.91 Å². The summed E-state index contributed by atoms with van der Waals surface area (Å²) in [6.07, 6.45) is -4.40. The van der Waals surface area contributed by atoms with Crippen molar-refractivity contribution in [1.82, 2.24) is 19.8 Å². The number of hydrogen-bond acceptors (Lipinski definition) is 9. The van der Waals surface area contributed by atoms with Crippen LogP contribution in [0.15, 0.2) is 18.2 Å². The summed E-state index contributed by atoms with van der Waals surface area (Å²) in [6.45, 7) is 5.38. The second-order valence-electron chi connectivity index (χ2n) is 13.0. The number of nitrogens with two attached hydrogens (primary N) is 1. The Labute approximate surface area is 287 Å². The molecule has 0 saturated carbocycles. The Kier molecular flexibility index (Phi) is 8.49. The van der Waals surface area contributed by atoms with Crippen LogP contribution in [0.4, 0.5) is 37.2 Å². The maximum atomic E-state index is 17.1. The lowest BCUT2D eigenvalue weighted by Gasteiger charge is -2.32. The Hall–Kier alpha value is -4.36. The summed E-state index contributed by atoms with van der Waals surface area (Å²) in [5, 5.41) is 9.18. The van der Waals surface area contributed by atoms with E-state index in [9.17, 15) is 18.8 Å². The van der Waals surface area contributed by atoms with Gasteiger partial charge in [-0.1, -0.05) is 6.07 Å². The van der Waals surface area contributed by atoms with Crippen LogP contribution in [0.1, 0.15) is 50.7 Å². The number of nitriles is 1. The molecule has 264 valence electrons. The number of amides is 1. The first-order valence-electron chi connectivity index (χ1n) is 16.4. The number of fused-ring (bicyclic) bond motifs is 3. The van der Waals surface area contributed by atoms with Gasteiger partial charge < -0.3 is 20.3 Å². The fourth-order valence-electron chi connectivity index (χ4n) is 7.96. The zero-order valence-corrected chi connectivity index (χ0v) is 28.0. The summed E-state index contributed by atoms with van der Waals surface area (Å²) in [5.74, 6) is -2.41. The molecule has 0 spiro atoms. The minimum absolute atomic E-state index is 0.0244. The van der Waals surface area contributed by atoms with Crippen molar-refractivity contribution >= 4 is 49.1 Å². The van der Waals surface area contributed by atoms with Crippen molar-refractivity contribution in [2.75, 3.05) is 50.0 Å². The fraction of sp³-hybridized carbons (Fsp3) is 0.471. The topological polar surface area (TPSA) is 112 Å². The van der Waals surface area contributed by atoms with Crippen LogP contribution in [-0.4, -0.2) is 82.8 Å². The number of aromatic nitrogens is 2. The van der Waals surface area contributed by atoms with Gasteiger partial charge in [0.1, 0.15) is 41.0 Å². The number of carbonyl (C=O) groups excluding carboxylic acids is 1. The van der Waals surface area contributed by atoms with Crippen LogP contribution in [0.25, 0.3) is 32.1 Å². The smallest absolute Gasteiger partial charge is 0.417 e. The highest BCUT2D eigenvalue weighted by atomic mass is 32.1. The number of likely N-dealkylation sites (N-methyl/N-ethyl adjacent to an activating group) is 2. The summed E-state index contributed by atoms with van der Waals surface area (Å²) >= 11 is 0.677. The molecule has 3 saturated heterocycles. The Balaban J connectivity index is 1.47. The molecule has 1 amide bonds. The molecule has 2 N–H and O–H groups in total. The van der Waals surface area contributed by atoms with Crippen LogP contribution in [0.3, 0.4) is 0 Å². The lowest BCUT2D eigenvalue weighted by atomic mass is 9.92. The van der Waals surface area contributed by atoms with E-state index < -0.39 is 52.2 Å². The van der Waals surface area contributed by atoms with E-state index in [1.165, 1.54) is 0 Å². The van der Waals surface area contributed by atoms with Crippen molar-refractivity contribution in [3.8, 4) is 23.2 Å². The predicted molar refractivity (Wildman–Crippen MR) is 177 cm³/mol. The highest BCUT2D eigenvalue weighted by Crippen LogP contribution is 2.48. The number of nitrogens with zero attached hydrogens (tertiary/aromatic N) is 6. The van der Waals surface area contributed by atoms with E-state index in [1.54, 1.807) is 16.7 Å². The van der Waals surface area contributed by atoms with Crippen molar-refractivity contribution in [2.45, 2.75) is 63.5 Å². The SMILES string of the molecule is CCN1C[C@H](N(CC)c2nc(OC[C@@]34CCCN3C[C@H](F)C4)nc3c(F)c(-c4ccc(F)c5sc(N)c(C#N)c45)c(C(F)(F)F)cc23)CC1=O. The molecule has 50 heavy (non-hydrogen) atoms. The molecule has 3 fully saturated rings. The van der Waals surface area contributed by atoms with Gasteiger partial charge >= 0.3 is 12.2 Å². The number of carbonyl (C=O) groups is 1. The van der Waals surface area contributed by atoms with Gasteiger partial charge in [-0.05, 0) is 50.9 Å². The summed E-state index contributed by atoms with van der Waals surface area (Å²) < 4.78 is 97.5. The van der Waals surface area contributed by atoms with Crippen LogP contribution in [-0.2, 0) is 11.0 Å². The molecule has 4 aromatic rings. The quantitative estimate of drug-likeness (QED) is 0.202. The number of nitrogen functional groups attached to an aromatic ring is 1. The van der Waals surface area contributed by atoms with Crippen LogP contribution >= 0.6 is 11.3 Å². The van der Waals surface area contributed by atoms with Crippen LogP contribution in [0.5, 0.6) is 6.01 Å². The van der Waals surface area contributed by atoms with E-state index in [1.807, 2.05) is 17.9 Å². The number of ether oxygens (including phenoxy) is 1. The van der Waals surface area contributed by atoms with Gasteiger partial charge in [0, 0.05) is 55.4 Å². The van der Waals surface area contributed by atoms with Gasteiger partial charge in [-0.3, -0.25) is 9.69 Å². The summed E-state index contributed by atoms with van der Waals surface area (Å²) in [4.78, 5) is 26.9. The van der Waals surface area contributed by atoms with Crippen molar-refractivity contribution < 1.29 is 35.9 Å². The van der Waals surface area contributed by atoms with Gasteiger partial charge in [0.25, 0.3) is 0 Å². The van der Waals surface area contributed by atoms with Gasteiger partial charge in [0.15, 0.2) is 5.82 Å². The third-order valence-electron chi connectivity index (χ3n) is 10.3. The first-order chi connectivity index (χ1) is 23.8. The molecule has 2 aromatic carbocycles. The van der Waals surface area contributed by atoms with Crippen molar-refractivity contribution in [3.05, 3.63) is 41.0 Å².